The molecule has 10 nitrogen and oxygen atoms in total. The van der Waals surface area contributed by atoms with Gasteiger partial charge in [-0.1, -0.05) is 6.07 Å². The second kappa shape index (κ2) is 11.3. The van der Waals surface area contributed by atoms with Crippen molar-refractivity contribution in [3.63, 3.8) is 0 Å². The molecule has 0 aliphatic carbocycles. The van der Waals surface area contributed by atoms with E-state index in [0.717, 1.165) is 16.6 Å². The van der Waals surface area contributed by atoms with E-state index in [0.29, 0.717) is 16.5 Å². The molecule has 0 spiro atoms. The number of hydrogen-bond donors (Lipinski definition) is 4. The molecule has 0 aliphatic heterocycles. The molecule has 0 heterocycles. The first kappa shape index (κ1) is 28.7. The second-order valence-corrected chi connectivity index (χ2v) is 9.94. The van der Waals surface area contributed by atoms with E-state index in [-0.39, 0.29) is 56.2 Å². The van der Waals surface area contributed by atoms with Crippen LogP contribution in [-0.4, -0.2) is 30.2 Å². The minimum Gasteiger partial charge on any atom is -0.506 e. The van der Waals surface area contributed by atoms with Crippen molar-refractivity contribution >= 4 is 49.3 Å². The molecule has 4 aromatic carbocycles. The van der Waals surface area contributed by atoms with E-state index in [4.69, 9.17) is 0 Å². The zero-order chi connectivity index (χ0) is 26.9. The normalized spacial score (nSPS) is 11.8. The van der Waals surface area contributed by atoms with Gasteiger partial charge in [0.2, 0.25) is 0 Å². The van der Waals surface area contributed by atoms with E-state index in [2.05, 4.69) is 25.8 Å². The number of phenolic OH excluding ortho intramolecular Hbond substituents is 2. The molecule has 0 unspecified atom stereocenters. The molecule has 201 valence electrons. The molecular formula is C26H25CuN5O5S. The van der Waals surface area contributed by atoms with Crippen molar-refractivity contribution in [3.05, 3.63) is 71.3 Å². The van der Waals surface area contributed by atoms with Crippen molar-refractivity contribution in [1.29, 1.82) is 0 Å². The number of azo groups is 2. The van der Waals surface area contributed by atoms with E-state index in [1.165, 1.54) is 24.3 Å². The smallest absolute Gasteiger partial charge is 0.296 e. The summed E-state index contributed by atoms with van der Waals surface area (Å²) in [4.78, 5) is -0.373. The Morgan fingerprint density at radius 1 is 0.763 bits per heavy atom. The molecule has 38 heavy (non-hydrogen) atoms. The molecule has 0 amide bonds. The third kappa shape index (κ3) is 6.00. The third-order valence-corrected chi connectivity index (χ3v) is 6.67. The summed E-state index contributed by atoms with van der Waals surface area (Å²) in [5.74, 6) is -0.255. The monoisotopic (exact) mass is 582 g/mol. The minimum atomic E-state index is -4.49. The van der Waals surface area contributed by atoms with Crippen LogP contribution in [-0.2, 0) is 27.2 Å². The summed E-state index contributed by atoms with van der Waals surface area (Å²) in [7, 11) is -2.68. The van der Waals surface area contributed by atoms with Crippen LogP contribution >= 0.6 is 0 Å². The van der Waals surface area contributed by atoms with E-state index in [9.17, 15) is 23.2 Å². The summed E-state index contributed by atoms with van der Waals surface area (Å²) in [5.41, 5.74) is 3.59. The molecule has 0 bridgehead atoms. The first-order chi connectivity index (χ1) is 17.5. The van der Waals surface area contributed by atoms with Gasteiger partial charge in [0.05, 0.1) is 5.69 Å². The molecule has 4 rings (SSSR count). The number of aromatic hydroxyl groups is 2. The van der Waals surface area contributed by atoms with Gasteiger partial charge in [-0.2, -0.15) is 13.5 Å². The Kier molecular flexibility index (Phi) is 8.53. The van der Waals surface area contributed by atoms with Gasteiger partial charge in [0.25, 0.3) is 10.1 Å². The fourth-order valence-corrected chi connectivity index (χ4v) is 4.39. The van der Waals surface area contributed by atoms with Crippen LogP contribution in [0.5, 0.6) is 11.5 Å². The Balaban J connectivity index is 0.00000400. The maximum Gasteiger partial charge on any atom is 0.296 e. The van der Waals surface area contributed by atoms with E-state index in [1.54, 1.807) is 32.9 Å². The first-order valence-corrected chi connectivity index (χ1v) is 12.6. The zero-order valence-electron chi connectivity index (χ0n) is 20.9. The van der Waals surface area contributed by atoms with E-state index < -0.39 is 10.1 Å². The predicted molar refractivity (Wildman–Crippen MR) is 142 cm³/mol. The molecule has 0 saturated heterocycles. The average Bonchev–Trinajstić information content (AvgIpc) is 2.83. The maximum atomic E-state index is 11.7. The van der Waals surface area contributed by atoms with Crippen LogP contribution in [0.4, 0.5) is 28.4 Å². The summed E-state index contributed by atoms with van der Waals surface area (Å²) in [6.07, 6.45) is 0. The fourth-order valence-electron chi connectivity index (χ4n) is 3.79. The number of nitrogens with one attached hydrogen (secondary N) is 1. The fraction of sp³-hybridized carbons (Fsp3) is 0.154. The molecule has 0 saturated carbocycles. The van der Waals surface area contributed by atoms with Crippen molar-refractivity contribution in [2.75, 3.05) is 12.4 Å². The van der Waals surface area contributed by atoms with Crippen LogP contribution < -0.4 is 5.32 Å². The topological polar surface area (TPSA) is 156 Å². The number of fused-ring (bicyclic) bond motifs is 1. The van der Waals surface area contributed by atoms with E-state index in [1.807, 2.05) is 25.2 Å². The van der Waals surface area contributed by atoms with Gasteiger partial charge in [-0.25, -0.2) is 0 Å². The van der Waals surface area contributed by atoms with Crippen molar-refractivity contribution in [1.82, 2.24) is 0 Å². The van der Waals surface area contributed by atoms with Crippen molar-refractivity contribution in [3.8, 4) is 11.5 Å². The summed E-state index contributed by atoms with van der Waals surface area (Å²) in [6.45, 7) is 5.27. The van der Waals surface area contributed by atoms with Gasteiger partial charge < -0.3 is 15.5 Å². The van der Waals surface area contributed by atoms with Gasteiger partial charge in [0, 0.05) is 41.3 Å². The molecule has 0 aromatic heterocycles. The Labute approximate surface area is 230 Å². The Hall–Kier alpha value is -3.83. The van der Waals surface area contributed by atoms with Gasteiger partial charge in [0.15, 0.2) is 5.75 Å². The van der Waals surface area contributed by atoms with Gasteiger partial charge in [0.1, 0.15) is 27.7 Å². The van der Waals surface area contributed by atoms with Crippen molar-refractivity contribution in [2.45, 2.75) is 25.7 Å². The van der Waals surface area contributed by atoms with Crippen LogP contribution in [0.3, 0.4) is 0 Å². The first-order valence-electron chi connectivity index (χ1n) is 11.2. The van der Waals surface area contributed by atoms with Crippen molar-refractivity contribution < 1.29 is 40.3 Å². The summed E-state index contributed by atoms with van der Waals surface area (Å²) < 4.78 is 32.8. The number of rotatable bonds is 6. The molecule has 0 fully saturated rings. The van der Waals surface area contributed by atoms with Crippen LogP contribution in [0.2, 0.25) is 0 Å². The number of anilines is 1. The third-order valence-electron chi connectivity index (χ3n) is 5.77. The molecule has 4 N–H and O–H groups in total. The zero-order valence-corrected chi connectivity index (χ0v) is 22.6. The standard InChI is InChI=1S/C26H25N5O5S.Cu/c1-14-5-8-24(37(34,35)36)22(9-14)30-28-20-13-23(32)21(11-15(20)2)29-31-25-16(3)10-17-12-18(27-4)6-7-19(17)26(25)33;/h5-13,27,32-33H,1-4H3,(H,34,35,36);. The maximum absolute atomic E-state index is 11.7. The van der Waals surface area contributed by atoms with Gasteiger partial charge in [-0.15, -0.1) is 15.3 Å². The SMILES string of the molecule is CNc1ccc2c(O)c(N=Nc3cc(C)c(N=Nc4cc(C)ccc4S(=O)(=O)O)cc3O)c(C)cc2c1.[Cu]. The van der Waals surface area contributed by atoms with Crippen LogP contribution in [0.25, 0.3) is 10.8 Å². The van der Waals surface area contributed by atoms with Gasteiger partial charge >= 0.3 is 0 Å². The number of hydrogen-bond acceptors (Lipinski definition) is 9. The molecule has 1 radical (unpaired) electrons. The molecule has 4 aromatic rings. The Bertz CT molecular complexity index is 1700. The number of nitrogens with zero attached hydrogens (tertiary/aromatic N) is 4. The second-order valence-electron chi connectivity index (χ2n) is 8.55. The molecule has 0 atom stereocenters. The molecule has 12 heteroatoms. The summed E-state index contributed by atoms with van der Waals surface area (Å²) >= 11 is 0. The van der Waals surface area contributed by atoms with Crippen molar-refractivity contribution in [2.24, 2.45) is 20.5 Å². The molecular weight excluding hydrogens is 558 g/mol. The quantitative estimate of drug-likeness (QED) is 0.106. The summed E-state index contributed by atoms with van der Waals surface area (Å²) in [6, 6.07) is 14.6. The average molecular weight is 583 g/mol. The van der Waals surface area contributed by atoms with Gasteiger partial charge in [-0.3, -0.25) is 4.55 Å². The molecule has 0 aliphatic rings. The largest absolute Gasteiger partial charge is 0.506 e. The summed E-state index contributed by atoms with van der Waals surface area (Å²) in [5, 5.41) is 42.2. The van der Waals surface area contributed by atoms with E-state index >= 15 is 0 Å². The van der Waals surface area contributed by atoms with Crippen LogP contribution in [0, 0.1) is 20.8 Å². The Morgan fingerprint density at radius 3 is 2.13 bits per heavy atom. The van der Waals surface area contributed by atoms with Crippen LogP contribution in [0.1, 0.15) is 16.7 Å². The Morgan fingerprint density at radius 2 is 1.45 bits per heavy atom. The number of phenols is 2. The number of aryl methyl sites for hydroxylation is 3. The van der Waals surface area contributed by atoms with Gasteiger partial charge in [-0.05, 0) is 85.3 Å². The number of benzene rings is 4. The minimum absolute atomic E-state index is 0. The van der Waals surface area contributed by atoms with Crippen LogP contribution in [0.15, 0.2) is 79.9 Å². The predicted octanol–water partition coefficient (Wildman–Crippen LogP) is 7.29.